The van der Waals surface area contributed by atoms with Crippen molar-refractivity contribution < 1.29 is 9.59 Å². The molecule has 3 aliphatic rings. The summed E-state index contributed by atoms with van der Waals surface area (Å²) in [6, 6.07) is 9.77. The van der Waals surface area contributed by atoms with E-state index < -0.39 is 0 Å². The van der Waals surface area contributed by atoms with Crippen LogP contribution in [0.25, 0.3) is 5.65 Å². The second kappa shape index (κ2) is 11.6. The van der Waals surface area contributed by atoms with Crippen LogP contribution in [0.4, 0.5) is 17.5 Å². The number of thiophene rings is 1. The molecule has 0 radical (unpaired) electrons. The molecule has 2 unspecified atom stereocenters. The molecule has 11 nitrogen and oxygen atoms in total. The van der Waals surface area contributed by atoms with Crippen molar-refractivity contribution in [2.75, 3.05) is 50.5 Å². The van der Waals surface area contributed by atoms with Gasteiger partial charge >= 0.3 is 0 Å². The number of nitrogens with one attached hydrogen (secondary N) is 2. The summed E-state index contributed by atoms with van der Waals surface area (Å²) in [5, 5.41) is 11.5. The number of aryl methyl sites for hydroxylation is 2. The van der Waals surface area contributed by atoms with Crippen molar-refractivity contribution in [1.29, 1.82) is 0 Å². The molecular formula is C31H37N9O2S. The molecule has 2 N–H and O–H groups in total. The van der Waals surface area contributed by atoms with Crippen LogP contribution in [0.2, 0.25) is 0 Å². The third-order valence-corrected chi connectivity index (χ3v) is 10.1. The number of carbonyl (C=O) groups is 2. The number of likely N-dealkylation sites (N-methyl/N-ethyl adjacent to an activating group) is 2. The SMILES string of the molecule is CN1CCN(C)C(c2ccc(Nc3nc(N4CCCC(NC(=O)c5cc6c(s5)CCCC6)C4)nn4ccnc34)cc2)C1=O. The zero-order chi connectivity index (χ0) is 29.5. The first kappa shape index (κ1) is 27.8. The number of fused-ring (bicyclic) bond motifs is 2. The van der Waals surface area contributed by atoms with Gasteiger partial charge in [0, 0.05) is 62.2 Å². The van der Waals surface area contributed by atoms with Gasteiger partial charge in [0.2, 0.25) is 11.9 Å². The molecule has 12 heteroatoms. The second-order valence-electron chi connectivity index (χ2n) is 11.9. The van der Waals surface area contributed by atoms with E-state index in [2.05, 4.69) is 31.5 Å². The summed E-state index contributed by atoms with van der Waals surface area (Å²) in [4.78, 5) is 43.6. The number of hydrogen-bond acceptors (Lipinski definition) is 9. The Kier molecular flexibility index (Phi) is 7.48. The van der Waals surface area contributed by atoms with Crippen LogP contribution in [0.3, 0.4) is 0 Å². The van der Waals surface area contributed by atoms with E-state index in [1.54, 1.807) is 26.9 Å². The Morgan fingerprint density at radius 1 is 1.05 bits per heavy atom. The Hall–Kier alpha value is -4.03. The molecule has 224 valence electrons. The fourth-order valence-corrected chi connectivity index (χ4v) is 7.55. The zero-order valence-corrected chi connectivity index (χ0v) is 25.4. The van der Waals surface area contributed by atoms with Crippen molar-refractivity contribution in [3.05, 3.63) is 63.6 Å². The Labute approximate surface area is 254 Å². The van der Waals surface area contributed by atoms with Crippen molar-refractivity contribution in [3.63, 3.8) is 0 Å². The van der Waals surface area contributed by atoms with E-state index in [1.165, 1.54) is 23.3 Å². The van der Waals surface area contributed by atoms with Crippen LogP contribution in [0, 0.1) is 0 Å². The van der Waals surface area contributed by atoms with Gasteiger partial charge in [-0.15, -0.1) is 16.4 Å². The molecule has 2 aliphatic heterocycles. The third-order valence-electron chi connectivity index (χ3n) is 8.83. The maximum atomic E-state index is 13.2. The number of nitrogens with zero attached hydrogens (tertiary/aromatic N) is 7. The molecule has 2 fully saturated rings. The van der Waals surface area contributed by atoms with Crippen LogP contribution < -0.4 is 15.5 Å². The monoisotopic (exact) mass is 599 g/mol. The molecule has 2 amide bonds. The lowest BCUT2D eigenvalue weighted by molar-refractivity contribution is -0.139. The highest BCUT2D eigenvalue weighted by Crippen LogP contribution is 2.31. The van der Waals surface area contributed by atoms with E-state index in [0.29, 0.717) is 24.0 Å². The minimum Gasteiger partial charge on any atom is -0.347 e. The first-order valence-corrected chi connectivity index (χ1v) is 16.0. The molecule has 0 spiro atoms. The maximum absolute atomic E-state index is 13.2. The van der Waals surface area contributed by atoms with Gasteiger partial charge in [-0.2, -0.15) is 4.98 Å². The van der Waals surface area contributed by atoms with Gasteiger partial charge in [-0.3, -0.25) is 14.5 Å². The lowest BCUT2D eigenvalue weighted by Gasteiger charge is -2.37. The summed E-state index contributed by atoms with van der Waals surface area (Å²) in [6.07, 6.45) is 9.99. The molecule has 4 aromatic rings. The average Bonchev–Trinajstić information content (AvgIpc) is 3.68. The number of piperazine rings is 1. The van der Waals surface area contributed by atoms with Gasteiger partial charge in [0.1, 0.15) is 6.04 Å². The summed E-state index contributed by atoms with van der Waals surface area (Å²) in [5.41, 5.74) is 3.79. The number of imidazole rings is 1. The van der Waals surface area contributed by atoms with E-state index in [4.69, 9.17) is 10.1 Å². The van der Waals surface area contributed by atoms with Crippen molar-refractivity contribution in [1.82, 2.24) is 34.7 Å². The first-order valence-electron chi connectivity index (χ1n) is 15.1. The van der Waals surface area contributed by atoms with Gasteiger partial charge in [-0.25, -0.2) is 9.50 Å². The fraction of sp³-hybridized carbons (Fsp3) is 0.452. The van der Waals surface area contributed by atoms with Crippen molar-refractivity contribution in [2.45, 2.75) is 50.6 Å². The molecule has 1 aliphatic carbocycles. The third kappa shape index (κ3) is 5.56. The molecule has 3 aromatic heterocycles. The standard InChI is InChI=1S/C31H37N9O2S/c1-37-16-17-38(2)30(42)26(37)20-9-11-22(12-10-20)33-27-28-32-13-15-40(28)36-31(35-27)39-14-5-7-23(19-39)34-29(41)25-18-21-6-3-4-8-24(21)43-25/h9-13,15,18,23,26H,3-8,14,16-17,19H2,1-2H3,(H,34,41)(H,33,35,36). The lowest BCUT2D eigenvalue weighted by Crippen LogP contribution is -2.48. The molecule has 7 rings (SSSR count). The second-order valence-corrected chi connectivity index (χ2v) is 13.0. The predicted molar refractivity (Wildman–Crippen MR) is 167 cm³/mol. The highest BCUT2D eigenvalue weighted by Gasteiger charge is 2.32. The minimum atomic E-state index is -0.282. The summed E-state index contributed by atoms with van der Waals surface area (Å²) in [7, 11) is 3.85. The van der Waals surface area contributed by atoms with Crippen LogP contribution in [0.5, 0.6) is 0 Å². The Balaban J connectivity index is 1.07. The quantitative estimate of drug-likeness (QED) is 0.346. The highest BCUT2D eigenvalue weighted by molar-refractivity contribution is 7.14. The highest BCUT2D eigenvalue weighted by atomic mass is 32.1. The number of benzene rings is 1. The maximum Gasteiger partial charge on any atom is 0.261 e. The normalized spacial score (nSPS) is 21.2. The van der Waals surface area contributed by atoms with Crippen LogP contribution >= 0.6 is 11.3 Å². The van der Waals surface area contributed by atoms with E-state index in [1.807, 2.05) is 44.6 Å². The van der Waals surface area contributed by atoms with Crippen molar-refractivity contribution in [2.24, 2.45) is 0 Å². The van der Waals surface area contributed by atoms with E-state index in [-0.39, 0.29) is 23.9 Å². The molecule has 2 atom stereocenters. The molecule has 0 saturated carbocycles. The van der Waals surface area contributed by atoms with Crippen LogP contribution in [0.15, 0.2) is 42.7 Å². The van der Waals surface area contributed by atoms with Gasteiger partial charge in [-0.1, -0.05) is 12.1 Å². The molecule has 2 saturated heterocycles. The van der Waals surface area contributed by atoms with Crippen LogP contribution in [0.1, 0.15) is 57.4 Å². The summed E-state index contributed by atoms with van der Waals surface area (Å²) < 4.78 is 1.74. The molecule has 1 aromatic carbocycles. The zero-order valence-electron chi connectivity index (χ0n) is 24.6. The Bertz CT molecular complexity index is 1630. The van der Waals surface area contributed by atoms with Crippen LogP contribution in [-0.4, -0.2) is 87.5 Å². The van der Waals surface area contributed by atoms with Gasteiger partial charge < -0.3 is 20.4 Å². The van der Waals surface area contributed by atoms with Crippen LogP contribution in [-0.2, 0) is 17.6 Å². The average molecular weight is 600 g/mol. The van der Waals surface area contributed by atoms with Crippen molar-refractivity contribution in [3.8, 4) is 0 Å². The number of anilines is 3. The number of hydrogen-bond donors (Lipinski definition) is 2. The molecule has 0 bridgehead atoms. The van der Waals surface area contributed by atoms with E-state index in [9.17, 15) is 9.59 Å². The fourth-order valence-electron chi connectivity index (χ4n) is 6.40. The topological polar surface area (TPSA) is 111 Å². The smallest absolute Gasteiger partial charge is 0.261 e. The molecule has 43 heavy (non-hydrogen) atoms. The summed E-state index contributed by atoms with van der Waals surface area (Å²) in [6.45, 7) is 3.03. The van der Waals surface area contributed by atoms with Gasteiger partial charge in [0.15, 0.2) is 11.5 Å². The van der Waals surface area contributed by atoms with Gasteiger partial charge in [-0.05, 0) is 74.9 Å². The summed E-state index contributed by atoms with van der Waals surface area (Å²) in [5.74, 6) is 1.33. The molecular weight excluding hydrogens is 562 g/mol. The Morgan fingerprint density at radius 3 is 2.72 bits per heavy atom. The number of rotatable bonds is 6. The number of aromatic nitrogens is 4. The predicted octanol–water partition coefficient (Wildman–Crippen LogP) is 3.65. The molecule has 5 heterocycles. The van der Waals surface area contributed by atoms with E-state index in [0.717, 1.165) is 61.4 Å². The van der Waals surface area contributed by atoms with Gasteiger partial charge in [0.05, 0.1) is 4.88 Å². The number of amides is 2. The number of piperidine rings is 1. The number of carbonyl (C=O) groups excluding carboxylic acids is 2. The minimum absolute atomic E-state index is 0.0195. The largest absolute Gasteiger partial charge is 0.347 e. The summed E-state index contributed by atoms with van der Waals surface area (Å²) >= 11 is 1.65. The van der Waals surface area contributed by atoms with Gasteiger partial charge in [0.25, 0.3) is 5.91 Å². The Morgan fingerprint density at radius 2 is 1.88 bits per heavy atom. The first-order chi connectivity index (χ1) is 20.9. The van der Waals surface area contributed by atoms with Crippen molar-refractivity contribution >= 4 is 46.3 Å². The van der Waals surface area contributed by atoms with E-state index >= 15 is 0 Å². The lowest BCUT2D eigenvalue weighted by atomic mass is 9.99.